The van der Waals surface area contributed by atoms with Crippen LogP contribution in [0.3, 0.4) is 0 Å². The number of para-hydroxylation sites is 2. The molecule has 3 aromatic heterocycles. The summed E-state index contributed by atoms with van der Waals surface area (Å²) in [6.07, 6.45) is 0. The van der Waals surface area contributed by atoms with Gasteiger partial charge in [0.2, 0.25) is 0 Å². The Balaban J connectivity index is 1.25. The van der Waals surface area contributed by atoms with Crippen LogP contribution in [0.1, 0.15) is 25.0 Å². The van der Waals surface area contributed by atoms with Gasteiger partial charge in [0, 0.05) is 49.5 Å². The number of rotatable bonds is 3. The Kier molecular flexibility index (Phi) is 5.31. The number of furan rings is 1. The lowest BCUT2D eigenvalue weighted by atomic mass is 9.81. The monoisotopic (exact) mass is 603 g/mol. The molecule has 0 radical (unpaired) electrons. The third-order valence-corrected chi connectivity index (χ3v) is 9.98. The second-order valence-electron chi connectivity index (χ2n) is 13.0. The lowest BCUT2D eigenvalue weighted by Gasteiger charge is -2.24. The zero-order valence-electron chi connectivity index (χ0n) is 26.0. The molecule has 9 aromatic rings. The predicted octanol–water partition coefficient (Wildman–Crippen LogP) is 11.1. The molecule has 0 N–H and O–H groups in total. The van der Waals surface area contributed by atoms with E-state index < -0.39 is 0 Å². The van der Waals surface area contributed by atoms with Crippen molar-refractivity contribution in [3.05, 3.63) is 151 Å². The van der Waals surface area contributed by atoms with Crippen molar-refractivity contribution in [2.75, 3.05) is 0 Å². The molecule has 0 spiro atoms. The van der Waals surface area contributed by atoms with Crippen LogP contribution in [-0.2, 0) is 5.41 Å². The SMILES string of the molecule is CC1(C)c2ccccc2-c2nc(-c3ccccc3)nc(-c3cccc(-n4c5ccccc5c5c6oc7ccccc7c6ccc54)c3)c21. The third kappa shape index (κ3) is 3.64. The molecular formula is C43H29N3O. The van der Waals surface area contributed by atoms with Crippen LogP contribution in [0.4, 0.5) is 0 Å². The number of hydrogen-bond donors (Lipinski definition) is 0. The molecule has 47 heavy (non-hydrogen) atoms. The Labute approximate surface area is 271 Å². The quantitative estimate of drug-likeness (QED) is 0.202. The van der Waals surface area contributed by atoms with E-state index in [0.29, 0.717) is 0 Å². The lowest BCUT2D eigenvalue weighted by Crippen LogP contribution is -2.17. The van der Waals surface area contributed by atoms with Gasteiger partial charge in [-0.15, -0.1) is 0 Å². The van der Waals surface area contributed by atoms with Gasteiger partial charge in [0.1, 0.15) is 11.2 Å². The molecule has 0 fully saturated rings. The minimum atomic E-state index is -0.258. The Morgan fingerprint density at radius 1 is 0.574 bits per heavy atom. The molecule has 0 atom stereocenters. The van der Waals surface area contributed by atoms with Gasteiger partial charge in [0.25, 0.3) is 0 Å². The standard InChI is InChI=1S/C43H29N3O/c1-43(2)33-20-9-6-18-31(33)40-38(43)39(44-42(45-40)26-13-4-3-5-14-26)27-15-12-16-28(25-27)46-34-21-10-7-19-32(34)37-35(46)24-23-30-29-17-8-11-22-36(29)47-41(30)37/h3-25H,1-2H3. The Morgan fingerprint density at radius 3 is 2.19 bits per heavy atom. The van der Waals surface area contributed by atoms with Gasteiger partial charge < -0.3 is 8.98 Å². The normalized spacial score (nSPS) is 13.5. The van der Waals surface area contributed by atoms with Crippen molar-refractivity contribution in [3.8, 4) is 39.6 Å². The number of nitrogens with zero attached hydrogens (tertiary/aromatic N) is 3. The molecule has 0 aliphatic heterocycles. The fraction of sp³-hybridized carbons (Fsp3) is 0.0698. The van der Waals surface area contributed by atoms with E-state index in [9.17, 15) is 0 Å². The number of aromatic nitrogens is 3. The summed E-state index contributed by atoms with van der Waals surface area (Å²) in [6, 6.07) is 49.1. The maximum Gasteiger partial charge on any atom is 0.160 e. The molecule has 10 rings (SSSR count). The smallest absolute Gasteiger partial charge is 0.160 e. The highest BCUT2D eigenvalue weighted by molar-refractivity contribution is 6.23. The molecule has 0 amide bonds. The highest BCUT2D eigenvalue weighted by atomic mass is 16.3. The van der Waals surface area contributed by atoms with E-state index in [2.05, 4.69) is 128 Å². The van der Waals surface area contributed by atoms with Gasteiger partial charge in [-0.25, -0.2) is 9.97 Å². The summed E-state index contributed by atoms with van der Waals surface area (Å²) in [5.41, 5.74) is 12.6. The first-order valence-corrected chi connectivity index (χ1v) is 16.1. The number of hydrogen-bond acceptors (Lipinski definition) is 3. The number of benzene rings is 6. The van der Waals surface area contributed by atoms with Crippen LogP contribution >= 0.6 is 0 Å². The van der Waals surface area contributed by atoms with Gasteiger partial charge in [0.05, 0.1) is 27.8 Å². The molecule has 3 heterocycles. The zero-order chi connectivity index (χ0) is 31.3. The van der Waals surface area contributed by atoms with E-state index >= 15 is 0 Å². The van der Waals surface area contributed by atoms with Gasteiger partial charge in [-0.3, -0.25) is 0 Å². The van der Waals surface area contributed by atoms with Crippen molar-refractivity contribution in [2.24, 2.45) is 0 Å². The van der Waals surface area contributed by atoms with Crippen molar-refractivity contribution < 1.29 is 4.42 Å². The van der Waals surface area contributed by atoms with Crippen LogP contribution in [-0.4, -0.2) is 14.5 Å². The van der Waals surface area contributed by atoms with Crippen LogP contribution in [0.15, 0.2) is 144 Å². The topological polar surface area (TPSA) is 43.9 Å². The van der Waals surface area contributed by atoms with Gasteiger partial charge >= 0.3 is 0 Å². The highest BCUT2D eigenvalue weighted by Crippen LogP contribution is 2.51. The van der Waals surface area contributed by atoms with E-state index in [0.717, 1.165) is 72.4 Å². The maximum absolute atomic E-state index is 6.55. The van der Waals surface area contributed by atoms with Gasteiger partial charge in [-0.1, -0.05) is 117 Å². The third-order valence-electron chi connectivity index (χ3n) is 9.98. The minimum absolute atomic E-state index is 0.258. The maximum atomic E-state index is 6.55. The van der Waals surface area contributed by atoms with Crippen LogP contribution in [0.25, 0.3) is 83.3 Å². The summed E-state index contributed by atoms with van der Waals surface area (Å²) in [4.78, 5) is 10.6. The molecule has 1 aliphatic rings. The van der Waals surface area contributed by atoms with Crippen LogP contribution in [0, 0.1) is 0 Å². The molecule has 0 saturated carbocycles. The molecule has 1 aliphatic carbocycles. The van der Waals surface area contributed by atoms with Crippen molar-refractivity contribution >= 4 is 43.7 Å². The Morgan fingerprint density at radius 2 is 1.30 bits per heavy atom. The Bertz CT molecular complexity index is 2710. The lowest BCUT2D eigenvalue weighted by molar-refractivity contribution is 0.658. The Hall–Kier alpha value is -6.00. The summed E-state index contributed by atoms with van der Waals surface area (Å²) < 4.78 is 8.91. The van der Waals surface area contributed by atoms with E-state index in [-0.39, 0.29) is 5.41 Å². The van der Waals surface area contributed by atoms with Crippen LogP contribution < -0.4 is 0 Å². The van der Waals surface area contributed by atoms with E-state index in [1.165, 1.54) is 22.1 Å². The van der Waals surface area contributed by atoms with E-state index in [1.54, 1.807) is 0 Å². The fourth-order valence-electron chi connectivity index (χ4n) is 7.85. The van der Waals surface area contributed by atoms with Crippen molar-refractivity contribution in [1.29, 1.82) is 0 Å². The average molecular weight is 604 g/mol. The summed E-state index contributed by atoms with van der Waals surface area (Å²) in [5.74, 6) is 0.737. The minimum Gasteiger partial charge on any atom is -0.455 e. The molecule has 4 nitrogen and oxygen atoms in total. The molecule has 4 heteroatoms. The first-order valence-electron chi connectivity index (χ1n) is 16.1. The largest absolute Gasteiger partial charge is 0.455 e. The van der Waals surface area contributed by atoms with Crippen LogP contribution in [0.2, 0.25) is 0 Å². The number of fused-ring (bicyclic) bond motifs is 10. The molecule has 0 unspecified atom stereocenters. The van der Waals surface area contributed by atoms with Crippen molar-refractivity contribution in [3.63, 3.8) is 0 Å². The second-order valence-corrected chi connectivity index (χ2v) is 13.0. The highest BCUT2D eigenvalue weighted by Gasteiger charge is 2.40. The van der Waals surface area contributed by atoms with E-state index in [4.69, 9.17) is 14.4 Å². The first kappa shape index (κ1) is 26.2. The zero-order valence-corrected chi connectivity index (χ0v) is 26.0. The first-order chi connectivity index (χ1) is 23.1. The molecular weight excluding hydrogens is 574 g/mol. The molecule has 0 saturated heterocycles. The summed E-state index contributed by atoms with van der Waals surface area (Å²) in [7, 11) is 0. The van der Waals surface area contributed by atoms with Crippen molar-refractivity contribution in [1.82, 2.24) is 14.5 Å². The van der Waals surface area contributed by atoms with Gasteiger partial charge in [-0.2, -0.15) is 0 Å². The second kappa shape index (κ2) is 9.51. The van der Waals surface area contributed by atoms with Gasteiger partial charge in [0.15, 0.2) is 5.82 Å². The molecule has 6 aromatic carbocycles. The van der Waals surface area contributed by atoms with Crippen LogP contribution in [0.5, 0.6) is 0 Å². The van der Waals surface area contributed by atoms with E-state index in [1.807, 2.05) is 30.3 Å². The average Bonchev–Trinajstić information content (AvgIpc) is 3.74. The summed E-state index contributed by atoms with van der Waals surface area (Å²) in [6.45, 7) is 4.59. The van der Waals surface area contributed by atoms with Crippen molar-refractivity contribution in [2.45, 2.75) is 19.3 Å². The summed E-state index contributed by atoms with van der Waals surface area (Å²) >= 11 is 0. The summed E-state index contributed by atoms with van der Waals surface area (Å²) in [5, 5.41) is 4.57. The molecule has 0 bridgehead atoms. The molecule has 222 valence electrons. The fourth-order valence-corrected chi connectivity index (χ4v) is 7.85. The van der Waals surface area contributed by atoms with Gasteiger partial charge in [-0.05, 0) is 42.0 Å². The predicted molar refractivity (Wildman–Crippen MR) is 192 cm³/mol.